The third kappa shape index (κ3) is 2.02. The zero-order valence-corrected chi connectivity index (χ0v) is 9.22. The summed E-state index contributed by atoms with van der Waals surface area (Å²) in [5.74, 6) is 0.851. The second-order valence-corrected chi connectivity index (χ2v) is 3.96. The van der Waals surface area contributed by atoms with Crippen molar-refractivity contribution in [1.29, 1.82) is 0 Å². The minimum absolute atomic E-state index is 0.0544. The standard InChI is InChI=1S/C12H15NO3/c1-16-11-4-2-3-10(6-11)13-7-9(8-14)5-12(13)15/h2-4,6,9,14H,5,7-8H2,1H3. The lowest BCUT2D eigenvalue weighted by molar-refractivity contribution is -0.117. The smallest absolute Gasteiger partial charge is 0.227 e. The van der Waals surface area contributed by atoms with Gasteiger partial charge in [0.1, 0.15) is 5.75 Å². The van der Waals surface area contributed by atoms with Crippen molar-refractivity contribution in [2.45, 2.75) is 6.42 Å². The molecule has 1 N–H and O–H groups in total. The van der Waals surface area contributed by atoms with E-state index in [9.17, 15) is 4.79 Å². The Hall–Kier alpha value is -1.55. The fraction of sp³-hybridized carbons (Fsp3) is 0.417. The van der Waals surface area contributed by atoms with Crippen molar-refractivity contribution in [1.82, 2.24) is 0 Å². The van der Waals surface area contributed by atoms with Gasteiger partial charge in [0, 0.05) is 37.2 Å². The van der Waals surface area contributed by atoms with Gasteiger partial charge in [-0.2, -0.15) is 0 Å². The van der Waals surface area contributed by atoms with Crippen LogP contribution in [-0.4, -0.2) is 31.3 Å². The normalized spacial score (nSPS) is 20.2. The van der Waals surface area contributed by atoms with Gasteiger partial charge < -0.3 is 14.7 Å². The lowest BCUT2D eigenvalue weighted by Crippen LogP contribution is -2.24. The van der Waals surface area contributed by atoms with Crippen LogP contribution < -0.4 is 9.64 Å². The Labute approximate surface area is 94.4 Å². The SMILES string of the molecule is COc1cccc(N2CC(CO)CC2=O)c1. The molecule has 16 heavy (non-hydrogen) atoms. The Morgan fingerprint density at radius 2 is 2.38 bits per heavy atom. The molecule has 86 valence electrons. The molecular formula is C12H15NO3. The molecule has 0 saturated carbocycles. The number of ether oxygens (including phenoxy) is 1. The average Bonchev–Trinajstić information content (AvgIpc) is 2.71. The van der Waals surface area contributed by atoms with Gasteiger partial charge >= 0.3 is 0 Å². The molecule has 0 bridgehead atoms. The summed E-state index contributed by atoms with van der Waals surface area (Å²) in [6, 6.07) is 7.40. The van der Waals surface area contributed by atoms with E-state index in [-0.39, 0.29) is 18.4 Å². The first-order chi connectivity index (χ1) is 7.74. The topological polar surface area (TPSA) is 49.8 Å². The summed E-state index contributed by atoms with van der Waals surface area (Å²) in [7, 11) is 1.60. The van der Waals surface area contributed by atoms with Gasteiger partial charge in [-0.1, -0.05) is 6.07 Å². The van der Waals surface area contributed by atoms with Crippen LogP contribution in [-0.2, 0) is 4.79 Å². The molecule has 1 aromatic rings. The lowest BCUT2D eigenvalue weighted by Gasteiger charge is -2.17. The molecule has 1 unspecified atom stereocenters. The van der Waals surface area contributed by atoms with E-state index in [1.165, 1.54) is 0 Å². The molecule has 2 rings (SSSR count). The number of aliphatic hydroxyl groups excluding tert-OH is 1. The number of methoxy groups -OCH3 is 1. The van der Waals surface area contributed by atoms with Crippen molar-refractivity contribution in [3.05, 3.63) is 24.3 Å². The Balaban J connectivity index is 2.20. The summed E-state index contributed by atoms with van der Waals surface area (Å²) >= 11 is 0. The van der Waals surface area contributed by atoms with Crippen molar-refractivity contribution in [2.75, 3.05) is 25.2 Å². The molecule has 0 aromatic heterocycles. The fourth-order valence-corrected chi connectivity index (χ4v) is 1.93. The molecule has 4 heteroatoms. The predicted octanol–water partition coefficient (Wildman–Crippen LogP) is 1.04. The molecule has 4 nitrogen and oxygen atoms in total. The maximum absolute atomic E-state index is 11.7. The Morgan fingerprint density at radius 3 is 3.00 bits per heavy atom. The van der Waals surface area contributed by atoms with E-state index < -0.39 is 0 Å². The highest BCUT2D eigenvalue weighted by Gasteiger charge is 2.30. The van der Waals surface area contributed by atoms with Crippen LogP contribution in [0.3, 0.4) is 0 Å². The molecule has 1 aliphatic rings. The highest BCUT2D eigenvalue weighted by Crippen LogP contribution is 2.27. The highest BCUT2D eigenvalue weighted by atomic mass is 16.5. The average molecular weight is 221 g/mol. The molecule has 0 aliphatic carbocycles. The van der Waals surface area contributed by atoms with Crippen LogP contribution in [0.25, 0.3) is 0 Å². The first-order valence-corrected chi connectivity index (χ1v) is 5.30. The van der Waals surface area contributed by atoms with E-state index in [0.29, 0.717) is 13.0 Å². The van der Waals surface area contributed by atoms with E-state index in [4.69, 9.17) is 9.84 Å². The largest absolute Gasteiger partial charge is 0.497 e. The summed E-state index contributed by atoms with van der Waals surface area (Å²) in [4.78, 5) is 13.4. The van der Waals surface area contributed by atoms with Crippen LogP contribution in [0.1, 0.15) is 6.42 Å². The number of rotatable bonds is 3. The van der Waals surface area contributed by atoms with Gasteiger partial charge in [0.25, 0.3) is 0 Å². The lowest BCUT2D eigenvalue weighted by atomic mass is 10.1. The molecular weight excluding hydrogens is 206 g/mol. The number of aliphatic hydroxyl groups is 1. The first-order valence-electron chi connectivity index (χ1n) is 5.30. The van der Waals surface area contributed by atoms with Crippen LogP contribution in [0, 0.1) is 5.92 Å². The van der Waals surface area contributed by atoms with E-state index in [0.717, 1.165) is 11.4 Å². The van der Waals surface area contributed by atoms with Gasteiger partial charge in [0.2, 0.25) is 5.91 Å². The second kappa shape index (κ2) is 4.53. The number of amides is 1. The minimum Gasteiger partial charge on any atom is -0.497 e. The molecule has 1 atom stereocenters. The zero-order valence-electron chi connectivity index (χ0n) is 9.22. The molecule has 1 amide bonds. The fourth-order valence-electron chi connectivity index (χ4n) is 1.93. The van der Waals surface area contributed by atoms with Gasteiger partial charge in [0.05, 0.1) is 7.11 Å². The number of carbonyl (C=O) groups is 1. The number of carbonyl (C=O) groups excluding carboxylic acids is 1. The Morgan fingerprint density at radius 1 is 1.56 bits per heavy atom. The maximum Gasteiger partial charge on any atom is 0.227 e. The molecule has 0 radical (unpaired) electrons. The molecule has 1 aliphatic heterocycles. The van der Waals surface area contributed by atoms with Gasteiger partial charge in [-0.25, -0.2) is 0 Å². The van der Waals surface area contributed by atoms with Crippen LogP contribution in [0.4, 0.5) is 5.69 Å². The third-order valence-corrected chi connectivity index (χ3v) is 2.83. The van der Waals surface area contributed by atoms with Gasteiger partial charge in [-0.05, 0) is 12.1 Å². The van der Waals surface area contributed by atoms with Crippen molar-refractivity contribution < 1.29 is 14.6 Å². The zero-order chi connectivity index (χ0) is 11.5. The van der Waals surface area contributed by atoms with E-state index in [2.05, 4.69) is 0 Å². The molecule has 0 spiro atoms. The van der Waals surface area contributed by atoms with E-state index in [1.807, 2.05) is 24.3 Å². The Bertz CT molecular complexity index is 392. The van der Waals surface area contributed by atoms with E-state index >= 15 is 0 Å². The number of anilines is 1. The molecule has 1 fully saturated rings. The van der Waals surface area contributed by atoms with Crippen molar-refractivity contribution in [3.63, 3.8) is 0 Å². The third-order valence-electron chi connectivity index (χ3n) is 2.83. The summed E-state index contributed by atoms with van der Waals surface area (Å²) in [6.45, 7) is 0.648. The van der Waals surface area contributed by atoms with Crippen LogP contribution >= 0.6 is 0 Å². The number of hydrogen-bond acceptors (Lipinski definition) is 3. The van der Waals surface area contributed by atoms with Crippen LogP contribution in [0.15, 0.2) is 24.3 Å². The molecule has 1 heterocycles. The maximum atomic E-state index is 11.7. The minimum atomic E-state index is 0.0544. The molecule has 1 saturated heterocycles. The van der Waals surface area contributed by atoms with Gasteiger partial charge in [-0.15, -0.1) is 0 Å². The number of benzene rings is 1. The quantitative estimate of drug-likeness (QED) is 0.829. The summed E-state index contributed by atoms with van der Waals surface area (Å²) in [5.41, 5.74) is 0.834. The second-order valence-electron chi connectivity index (χ2n) is 3.96. The van der Waals surface area contributed by atoms with Gasteiger partial charge in [-0.3, -0.25) is 4.79 Å². The van der Waals surface area contributed by atoms with Crippen LogP contribution in [0.5, 0.6) is 5.75 Å². The van der Waals surface area contributed by atoms with Crippen molar-refractivity contribution in [2.24, 2.45) is 5.92 Å². The Kier molecular flexibility index (Phi) is 3.10. The van der Waals surface area contributed by atoms with Crippen molar-refractivity contribution >= 4 is 11.6 Å². The summed E-state index contributed by atoms with van der Waals surface area (Å²) < 4.78 is 5.12. The van der Waals surface area contributed by atoms with Crippen LogP contribution in [0.2, 0.25) is 0 Å². The summed E-state index contributed by atoms with van der Waals surface area (Å²) in [6.07, 6.45) is 0.424. The number of hydrogen-bond donors (Lipinski definition) is 1. The predicted molar refractivity (Wildman–Crippen MR) is 60.5 cm³/mol. The van der Waals surface area contributed by atoms with Gasteiger partial charge in [0.15, 0.2) is 0 Å². The summed E-state index contributed by atoms with van der Waals surface area (Å²) in [5, 5.41) is 9.05. The molecule has 1 aromatic carbocycles. The monoisotopic (exact) mass is 221 g/mol. The number of nitrogens with zero attached hydrogens (tertiary/aromatic N) is 1. The highest BCUT2D eigenvalue weighted by molar-refractivity contribution is 5.95. The first kappa shape index (κ1) is 11.0. The van der Waals surface area contributed by atoms with E-state index in [1.54, 1.807) is 12.0 Å². The van der Waals surface area contributed by atoms with Crippen molar-refractivity contribution in [3.8, 4) is 5.75 Å².